The molecule has 0 unspecified atom stereocenters. The van der Waals surface area contributed by atoms with E-state index in [1.807, 2.05) is 0 Å². The molecule has 0 aromatic carbocycles. The molecule has 1 N–H and O–H groups in total. The molecule has 2 aromatic heterocycles. The fourth-order valence-electron chi connectivity index (χ4n) is 2.00. The molecule has 1 aliphatic rings. The van der Waals surface area contributed by atoms with Crippen LogP contribution < -0.4 is 5.32 Å². The number of hydrogen-bond donors (Lipinski definition) is 1. The molecule has 7 heteroatoms. The van der Waals surface area contributed by atoms with E-state index in [9.17, 15) is 4.79 Å². The maximum absolute atomic E-state index is 11.9. The molecular weight excluding hydrogens is 284 g/mol. The summed E-state index contributed by atoms with van der Waals surface area (Å²) in [6.45, 7) is 0. The number of rotatable bonds is 2. The Kier molecular flexibility index (Phi) is 3.44. The van der Waals surface area contributed by atoms with E-state index in [4.69, 9.17) is 11.6 Å². The molecule has 1 amide bonds. The van der Waals surface area contributed by atoms with Crippen LogP contribution in [0, 0.1) is 0 Å². The lowest BCUT2D eigenvalue weighted by molar-refractivity contribution is 0.102. The van der Waals surface area contributed by atoms with E-state index in [0.29, 0.717) is 5.13 Å². The van der Waals surface area contributed by atoms with Gasteiger partial charge in [0.15, 0.2) is 5.13 Å². The second-order valence-electron chi connectivity index (χ2n) is 4.27. The summed E-state index contributed by atoms with van der Waals surface area (Å²) < 4.78 is 0. The smallest absolute Gasteiger partial charge is 0.277 e. The summed E-state index contributed by atoms with van der Waals surface area (Å²) in [6, 6.07) is 0. The van der Waals surface area contributed by atoms with Crippen LogP contribution in [0.2, 0.25) is 5.15 Å². The summed E-state index contributed by atoms with van der Waals surface area (Å²) in [5, 5.41) is 3.66. The lowest BCUT2D eigenvalue weighted by atomic mass is 10.0. The van der Waals surface area contributed by atoms with Crippen LogP contribution in [0.1, 0.15) is 33.9 Å². The first kappa shape index (κ1) is 12.5. The molecule has 0 saturated heterocycles. The average molecular weight is 295 g/mol. The Hall–Kier alpha value is -1.53. The molecule has 3 rings (SSSR count). The predicted molar refractivity (Wildman–Crippen MR) is 73.8 cm³/mol. The van der Waals surface area contributed by atoms with E-state index < -0.39 is 0 Å². The molecule has 0 radical (unpaired) electrons. The molecule has 2 heterocycles. The van der Waals surface area contributed by atoms with Crippen LogP contribution in [0.25, 0.3) is 0 Å². The van der Waals surface area contributed by atoms with E-state index in [1.54, 1.807) is 11.3 Å². The van der Waals surface area contributed by atoms with Gasteiger partial charge in [-0.15, -0.1) is 11.3 Å². The highest BCUT2D eigenvalue weighted by Crippen LogP contribution is 2.29. The average Bonchev–Trinajstić information content (AvgIpc) is 2.81. The van der Waals surface area contributed by atoms with Crippen molar-refractivity contribution >= 4 is 34.0 Å². The van der Waals surface area contributed by atoms with Gasteiger partial charge in [-0.3, -0.25) is 10.1 Å². The van der Waals surface area contributed by atoms with Gasteiger partial charge in [-0.25, -0.2) is 15.0 Å². The van der Waals surface area contributed by atoms with E-state index >= 15 is 0 Å². The van der Waals surface area contributed by atoms with E-state index in [-0.39, 0.29) is 16.8 Å². The Morgan fingerprint density at radius 2 is 2.11 bits per heavy atom. The summed E-state index contributed by atoms with van der Waals surface area (Å²) >= 11 is 7.17. The highest BCUT2D eigenvalue weighted by Gasteiger charge is 2.17. The van der Waals surface area contributed by atoms with E-state index in [0.717, 1.165) is 18.5 Å². The fourth-order valence-corrected chi connectivity index (χ4v) is 3.14. The van der Waals surface area contributed by atoms with Gasteiger partial charge < -0.3 is 0 Å². The van der Waals surface area contributed by atoms with Gasteiger partial charge >= 0.3 is 0 Å². The van der Waals surface area contributed by atoms with Gasteiger partial charge in [0.25, 0.3) is 5.91 Å². The van der Waals surface area contributed by atoms with Crippen molar-refractivity contribution in [2.45, 2.75) is 25.7 Å². The predicted octanol–water partition coefficient (Wildman–Crippen LogP) is 2.72. The molecular formula is C12H11ClN4OS. The SMILES string of the molecule is O=C(Nc1nc2c(s1)CCCC2)c1cnc(Cl)cn1. The lowest BCUT2D eigenvalue weighted by Crippen LogP contribution is -2.13. The van der Waals surface area contributed by atoms with Crippen LogP contribution in [0.15, 0.2) is 12.4 Å². The minimum absolute atomic E-state index is 0.234. The molecule has 2 aromatic rings. The number of amides is 1. The molecule has 5 nitrogen and oxygen atoms in total. The van der Waals surface area contributed by atoms with Crippen molar-refractivity contribution in [1.82, 2.24) is 15.0 Å². The molecule has 0 aliphatic heterocycles. The Morgan fingerprint density at radius 3 is 2.84 bits per heavy atom. The van der Waals surface area contributed by atoms with Gasteiger partial charge in [-0.2, -0.15) is 0 Å². The quantitative estimate of drug-likeness (QED) is 0.925. The number of aromatic nitrogens is 3. The molecule has 0 fully saturated rings. The van der Waals surface area contributed by atoms with Crippen LogP contribution in [0.3, 0.4) is 0 Å². The van der Waals surface area contributed by atoms with Crippen molar-refractivity contribution < 1.29 is 4.79 Å². The second-order valence-corrected chi connectivity index (χ2v) is 5.75. The van der Waals surface area contributed by atoms with E-state index in [1.165, 1.54) is 30.1 Å². The zero-order valence-corrected chi connectivity index (χ0v) is 11.6. The molecule has 0 spiro atoms. The number of carbonyl (C=O) groups is 1. The second kappa shape index (κ2) is 5.22. The van der Waals surface area contributed by atoms with Crippen molar-refractivity contribution in [1.29, 1.82) is 0 Å². The van der Waals surface area contributed by atoms with Crippen LogP contribution in [-0.4, -0.2) is 20.9 Å². The van der Waals surface area contributed by atoms with Crippen LogP contribution in [0.4, 0.5) is 5.13 Å². The van der Waals surface area contributed by atoms with Gasteiger partial charge in [0, 0.05) is 4.88 Å². The summed E-state index contributed by atoms with van der Waals surface area (Å²) in [5.74, 6) is -0.310. The molecule has 1 aliphatic carbocycles. The molecule has 19 heavy (non-hydrogen) atoms. The Labute approximate surface area is 119 Å². The van der Waals surface area contributed by atoms with Crippen molar-refractivity contribution in [3.63, 3.8) is 0 Å². The van der Waals surface area contributed by atoms with E-state index in [2.05, 4.69) is 20.3 Å². The zero-order chi connectivity index (χ0) is 13.2. The van der Waals surface area contributed by atoms with Crippen LogP contribution in [0.5, 0.6) is 0 Å². The number of halogens is 1. The highest BCUT2D eigenvalue weighted by atomic mass is 35.5. The molecule has 0 saturated carbocycles. The minimum Gasteiger partial charge on any atom is -0.296 e. The van der Waals surface area contributed by atoms with Crippen molar-refractivity contribution in [2.24, 2.45) is 0 Å². The third kappa shape index (κ3) is 2.74. The lowest BCUT2D eigenvalue weighted by Gasteiger charge is -2.06. The number of fused-ring (bicyclic) bond motifs is 1. The van der Waals surface area contributed by atoms with Crippen LogP contribution >= 0.6 is 22.9 Å². The van der Waals surface area contributed by atoms with Gasteiger partial charge in [0.2, 0.25) is 0 Å². The number of thiazole rings is 1. The topological polar surface area (TPSA) is 67.8 Å². The number of nitrogens with one attached hydrogen (secondary N) is 1. The Morgan fingerprint density at radius 1 is 1.26 bits per heavy atom. The summed E-state index contributed by atoms with van der Waals surface area (Å²) in [7, 11) is 0. The maximum Gasteiger partial charge on any atom is 0.277 e. The normalized spacial score (nSPS) is 13.9. The number of nitrogens with zero attached hydrogens (tertiary/aromatic N) is 3. The minimum atomic E-state index is -0.310. The van der Waals surface area contributed by atoms with Gasteiger partial charge in [-0.05, 0) is 25.7 Å². The summed E-state index contributed by atoms with van der Waals surface area (Å²) in [5.41, 5.74) is 1.35. The third-order valence-corrected chi connectivity index (χ3v) is 4.19. The molecule has 98 valence electrons. The third-order valence-electron chi connectivity index (χ3n) is 2.92. The van der Waals surface area contributed by atoms with Crippen molar-refractivity contribution in [3.05, 3.63) is 33.8 Å². The highest BCUT2D eigenvalue weighted by molar-refractivity contribution is 7.15. The standard InChI is InChI=1S/C12H11ClN4OS/c13-10-6-14-8(5-15-10)11(18)17-12-16-7-3-1-2-4-9(7)19-12/h5-6H,1-4H2,(H,16,17,18). The monoisotopic (exact) mass is 294 g/mol. The van der Waals surface area contributed by atoms with Crippen molar-refractivity contribution in [3.8, 4) is 0 Å². The Bertz CT molecular complexity index is 587. The fraction of sp³-hybridized carbons (Fsp3) is 0.333. The number of hydrogen-bond acceptors (Lipinski definition) is 5. The first-order valence-corrected chi connectivity index (χ1v) is 7.19. The maximum atomic E-state index is 11.9. The van der Waals surface area contributed by atoms with Crippen molar-refractivity contribution in [2.75, 3.05) is 5.32 Å². The first-order valence-electron chi connectivity index (χ1n) is 6.00. The number of carbonyl (C=O) groups excluding carboxylic acids is 1. The molecule has 0 bridgehead atoms. The van der Waals surface area contributed by atoms with Gasteiger partial charge in [0.1, 0.15) is 10.8 Å². The van der Waals surface area contributed by atoms with Crippen LogP contribution in [-0.2, 0) is 12.8 Å². The van der Waals surface area contributed by atoms with Gasteiger partial charge in [-0.1, -0.05) is 11.6 Å². The summed E-state index contributed by atoms with van der Waals surface area (Å²) in [4.78, 5) is 25.4. The largest absolute Gasteiger partial charge is 0.296 e. The summed E-state index contributed by atoms with van der Waals surface area (Å²) in [6.07, 6.45) is 7.14. The molecule has 0 atom stereocenters. The number of aryl methyl sites for hydroxylation is 2. The Balaban J connectivity index is 1.75. The van der Waals surface area contributed by atoms with Gasteiger partial charge in [0.05, 0.1) is 18.1 Å². The number of anilines is 1. The zero-order valence-electron chi connectivity index (χ0n) is 10.0. The first-order chi connectivity index (χ1) is 9.22.